The summed E-state index contributed by atoms with van der Waals surface area (Å²) in [5.41, 5.74) is 6.86. The molecule has 1 atom stereocenters. The number of benzene rings is 1. The molecule has 1 aliphatic heterocycles. The van der Waals surface area contributed by atoms with Crippen molar-refractivity contribution in [2.45, 2.75) is 19.0 Å². The van der Waals surface area contributed by atoms with Crippen LogP contribution >= 0.6 is 0 Å². The molecule has 1 aromatic heterocycles. The number of nitrogens with two attached hydrogens (primary N) is 1. The van der Waals surface area contributed by atoms with Gasteiger partial charge in [-0.1, -0.05) is 0 Å². The average molecular weight is 318 g/mol. The summed E-state index contributed by atoms with van der Waals surface area (Å²) in [5.74, 6) is 2.38. The van der Waals surface area contributed by atoms with Gasteiger partial charge in [0.25, 0.3) is 0 Å². The number of ether oxygens (including phenoxy) is 3. The van der Waals surface area contributed by atoms with Crippen molar-refractivity contribution < 1.29 is 14.2 Å². The van der Waals surface area contributed by atoms with E-state index in [2.05, 4.69) is 21.9 Å². The van der Waals surface area contributed by atoms with E-state index < -0.39 is 0 Å². The van der Waals surface area contributed by atoms with Gasteiger partial charge in [0.2, 0.25) is 0 Å². The fraction of sp³-hybridized carbons (Fsp3) is 0.500. The van der Waals surface area contributed by atoms with Gasteiger partial charge in [-0.25, -0.2) is 9.97 Å². The fourth-order valence-electron chi connectivity index (χ4n) is 2.82. The zero-order valence-electron chi connectivity index (χ0n) is 13.7. The predicted molar refractivity (Wildman–Crippen MR) is 87.7 cm³/mol. The molecule has 7 nitrogen and oxygen atoms in total. The number of methoxy groups -OCH3 is 2. The summed E-state index contributed by atoms with van der Waals surface area (Å²) in [7, 11) is 5.24. The highest BCUT2D eigenvalue weighted by atomic mass is 16.5. The molecule has 0 radical (unpaired) electrons. The molecule has 23 heavy (non-hydrogen) atoms. The van der Waals surface area contributed by atoms with E-state index in [4.69, 9.17) is 19.9 Å². The van der Waals surface area contributed by atoms with Gasteiger partial charge in [-0.05, 0) is 19.5 Å². The van der Waals surface area contributed by atoms with Crippen molar-refractivity contribution in [1.29, 1.82) is 0 Å². The Morgan fingerprint density at radius 3 is 2.65 bits per heavy atom. The Bertz CT molecular complexity index is 701. The van der Waals surface area contributed by atoms with Crippen LogP contribution in [0.25, 0.3) is 10.9 Å². The van der Waals surface area contributed by atoms with Crippen molar-refractivity contribution in [2.75, 3.05) is 40.2 Å². The number of aromatic nitrogens is 2. The van der Waals surface area contributed by atoms with Gasteiger partial charge in [0.05, 0.1) is 32.9 Å². The zero-order valence-corrected chi connectivity index (χ0v) is 13.7. The van der Waals surface area contributed by atoms with E-state index in [1.807, 2.05) is 12.1 Å². The van der Waals surface area contributed by atoms with Crippen LogP contribution in [0.2, 0.25) is 0 Å². The largest absolute Gasteiger partial charge is 0.493 e. The molecule has 2 heterocycles. The number of hydrogen-bond donors (Lipinski definition) is 1. The summed E-state index contributed by atoms with van der Waals surface area (Å²) >= 11 is 0. The smallest absolute Gasteiger partial charge is 0.162 e. The number of hydrogen-bond acceptors (Lipinski definition) is 7. The van der Waals surface area contributed by atoms with Crippen LogP contribution in [0, 0.1) is 0 Å². The normalized spacial score (nSPS) is 17.8. The molecule has 0 amide bonds. The van der Waals surface area contributed by atoms with Crippen molar-refractivity contribution in [1.82, 2.24) is 14.9 Å². The van der Waals surface area contributed by atoms with Crippen LogP contribution in [0.5, 0.6) is 11.5 Å². The highest BCUT2D eigenvalue weighted by molar-refractivity contribution is 5.90. The first-order valence-electron chi connectivity index (χ1n) is 7.58. The van der Waals surface area contributed by atoms with Gasteiger partial charge in [0.1, 0.15) is 11.6 Å². The minimum absolute atomic E-state index is 0.404. The maximum Gasteiger partial charge on any atom is 0.162 e. The lowest BCUT2D eigenvalue weighted by atomic mass is 10.2. The van der Waals surface area contributed by atoms with E-state index in [0.29, 0.717) is 35.7 Å². The minimum Gasteiger partial charge on any atom is -0.493 e. The maximum absolute atomic E-state index is 6.11. The van der Waals surface area contributed by atoms with E-state index in [1.54, 1.807) is 14.2 Å². The van der Waals surface area contributed by atoms with E-state index in [0.717, 1.165) is 30.5 Å². The van der Waals surface area contributed by atoms with Gasteiger partial charge in [-0.2, -0.15) is 0 Å². The molecule has 7 heteroatoms. The summed E-state index contributed by atoms with van der Waals surface area (Å²) in [5, 5.41) is 0.762. The SMILES string of the molecule is COc1cc2nc(CN(C)C3CCOC3)nc(N)c2cc1OC. The molecular weight excluding hydrogens is 296 g/mol. The summed E-state index contributed by atoms with van der Waals surface area (Å²) < 4.78 is 16.1. The molecule has 0 spiro atoms. The van der Waals surface area contributed by atoms with E-state index >= 15 is 0 Å². The summed E-state index contributed by atoms with van der Waals surface area (Å²) in [6.45, 7) is 2.19. The number of likely N-dealkylation sites (N-methyl/N-ethyl adjacent to an activating group) is 1. The van der Waals surface area contributed by atoms with Gasteiger partial charge in [0, 0.05) is 24.1 Å². The highest BCUT2D eigenvalue weighted by Gasteiger charge is 2.21. The van der Waals surface area contributed by atoms with Crippen molar-refractivity contribution in [3.8, 4) is 11.5 Å². The maximum atomic E-state index is 6.11. The molecule has 124 valence electrons. The van der Waals surface area contributed by atoms with Crippen molar-refractivity contribution in [3.63, 3.8) is 0 Å². The molecule has 1 fully saturated rings. The van der Waals surface area contributed by atoms with Gasteiger partial charge in [0.15, 0.2) is 11.5 Å². The predicted octanol–water partition coefficient (Wildman–Crippen LogP) is 1.45. The van der Waals surface area contributed by atoms with Gasteiger partial charge < -0.3 is 19.9 Å². The first-order chi connectivity index (χ1) is 11.1. The molecule has 0 aliphatic carbocycles. The molecule has 1 saturated heterocycles. The second-order valence-corrected chi connectivity index (χ2v) is 5.68. The fourth-order valence-corrected chi connectivity index (χ4v) is 2.82. The Morgan fingerprint density at radius 1 is 1.26 bits per heavy atom. The van der Waals surface area contributed by atoms with Crippen LogP contribution in [0.3, 0.4) is 0 Å². The second kappa shape index (κ2) is 6.55. The van der Waals surface area contributed by atoms with Crippen LogP contribution in [-0.2, 0) is 11.3 Å². The summed E-state index contributed by atoms with van der Waals surface area (Å²) in [6, 6.07) is 4.04. The monoisotopic (exact) mass is 318 g/mol. The number of fused-ring (bicyclic) bond motifs is 1. The lowest BCUT2D eigenvalue weighted by Crippen LogP contribution is -2.32. The van der Waals surface area contributed by atoms with Crippen LogP contribution in [-0.4, -0.2) is 55.4 Å². The van der Waals surface area contributed by atoms with Crippen LogP contribution in [0.4, 0.5) is 5.82 Å². The number of nitrogens with zero attached hydrogens (tertiary/aromatic N) is 3. The molecule has 1 aromatic carbocycles. The third-order valence-electron chi connectivity index (χ3n) is 4.20. The third kappa shape index (κ3) is 3.16. The third-order valence-corrected chi connectivity index (χ3v) is 4.20. The number of rotatable bonds is 5. The average Bonchev–Trinajstić information content (AvgIpc) is 3.08. The van der Waals surface area contributed by atoms with Crippen molar-refractivity contribution >= 4 is 16.7 Å². The van der Waals surface area contributed by atoms with E-state index in [-0.39, 0.29) is 0 Å². The molecule has 1 aliphatic rings. The Hall–Kier alpha value is -2.12. The Balaban J connectivity index is 1.93. The molecule has 2 N–H and O–H groups in total. The lowest BCUT2D eigenvalue weighted by Gasteiger charge is -2.22. The molecular formula is C16H22N4O3. The van der Waals surface area contributed by atoms with E-state index in [1.165, 1.54) is 0 Å². The van der Waals surface area contributed by atoms with Crippen molar-refractivity contribution in [3.05, 3.63) is 18.0 Å². The van der Waals surface area contributed by atoms with Crippen LogP contribution < -0.4 is 15.2 Å². The van der Waals surface area contributed by atoms with Crippen LogP contribution in [0.1, 0.15) is 12.2 Å². The molecule has 1 unspecified atom stereocenters. The zero-order chi connectivity index (χ0) is 16.4. The molecule has 2 aromatic rings. The van der Waals surface area contributed by atoms with Gasteiger partial charge >= 0.3 is 0 Å². The van der Waals surface area contributed by atoms with E-state index in [9.17, 15) is 0 Å². The first-order valence-corrected chi connectivity index (χ1v) is 7.58. The molecule has 0 saturated carbocycles. The number of nitrogen functional groups attached to an aromatic ring is 1. The quantitative estimate of drug-likeness (QED) is 0.893. The summed E-state index contributed by atoms with van der Waals surface area (Å²) in [6.07, 6.45) is 1.03. The summed E-state index contributed by atoms with van der Waals surface area (Å²) in [4.78, 5) is 11.3. The molecule has 3 rings (SSSR count). The van der Waals surface area contributed by atoms with Gasteiger partial charge in [-0.3, -0.25) is 4.90 Å². The van der Waals surface area contributed by atoms with Crippen LogP contribution in [0.15, 0.2) is 12.1 Å². The minimum atomic E-state index is 0.404. The first kappa shape index (κ1) is 15.8. The standard InChI is InChI=1S/C16H22N4O3/c1-20(10-4-5-23-9-10)8-15-18-12-7-14(22-3)13(21-2)6-11(12)16(17)19-15/h6-7,10H,4-5,8-9H2,1-3H3,(H2,17,18,19). The lowest BCUT2D eigenvalue weighted by molar-refractivity contribution is 0.155. The Labute approximate surface area is 135 Å². The second-order valence-electron chi connectivity index (χ2n) is 5.68. The Morgan fingerprint density at radius 2 is 2.00 bits per heavy atom. The topological polar surface area (TPSA) is 82.7 Å². The molecule has 0 bridgehead atoms. The van der Waals surface area contributed by atoms with Gasteiger partial charge in [-0.15, -0.1) is 0 Å². The van der Waals surface area contributed by atoms with Crippen molar-refractivity contribution in [2.24, 2.45) is 0 Å². The Kier molecular flexibility index (Phi) is 4.49. The highest BCUT2D eigenvalue weighted by Crippen LogP contribution is 2.33. The number of anilines is 1.